The van der Waals surface area contributed by atoms with E-state index < -0.39 is 6.10 Å². The second-order valence-electron chi connectivity index (χ2n) is 4.87. The molecule has 2 aromatic carbocycles. The lowest BCUT2D eigenvalue weighted by Gasteiger charge is -2.16. The molecule has 0 N–H and O–H groups in total. The van der Waals surface area contributed by atoms with Gasteiger partial charge in [-0.15, -0.1) is 0 Å². The fraction of sp³-hybridized carbons (Fsp3) is 0.278. The third-order valence-electron chi connectivity index (χ3n) is 3.23. The molecule has 0 bridgehead atoms. The summed E-state index contributed by atoms with van der Waals surface area (Å²) in [6.07, 6.45) is -0.0673. The van der Waals surface area contributed by atoms with Gasteiger partial charge in [0.15, 0.2) is 5.78 Å². The lowest BCUT2D eigenvalue weighted by molar-refractivity contribution is -0.130. The van der Waals surface area contributed by atoms with Gasteiger partial charge in [0.2, 0.25) is 0 Å². The van der Waals surface area contributed by atoms with Crippen LogP contribution in [0.1, 0.15) is 29.7 Å². The maximum atomic E-state index is 12.5. The molecule has 1 atom stereocenters. The highest BCUT2D eigenvalue weighted by atomic mass is 16.5. The zero-order valence-electron chi connectivity index (χ0n) is 12.0. The van der Waals surface area contributed by atoms with Crippen LogP contribution in [0.2, 0.25) is 0 Å². The van der Waals surface area contributed by atoms with Gasteiger partial charge in [0.25, 0.3) is 0 Å². The van der Waals surface area contributed by atoms with Crippen molar-refractivity contribution < 1.29 is 9.53 Å². The Morgan fingerprint density at radius 3 is 2.30 bits per heavy atom. The number of benzene rings is 2. The zero-order chi connectivity index (χ0) is 14.4. The van der Waals surface area contributed by atoms with E-state index in [0.717, 1.165) is 11.1 Å². The number of carbonyl (C=O) groups excluding carboxylic acids is 1. The summed E-state index contributed by atoms with van der Waals surface area (Å²) in [4.78, 5) is 12.5. The largest absolute Gasteiger partial charge is 0.366 e. The van der Waals surface area contributed by atoms with Crippen LogP contribution in [0.4, 0.5) is 0 Å². The predicted octanol–water partition coefficient (Wildman–Crippen LogP) is 3.88. The fourth-order valence-electron chi connectivity index (χ4n) is 2.17. The maximum absolute atomic E-state index is 12.5. The third-order valence-corrected chi connectivity index (χ3v) is 3.23. The Hall–Kier alpha value is -1.93. The first-order valence-corrected chi connectivity index (χ1v) is 6.95. The number of ether oxygens (including phenoxy) is 1. The molecule has 2 nitrogen and oxygen atoms in total. The number of aryl methyl sites for hydroxylation is 1. The van der Waals surface area contributed by atoms with Crippen LogP contribution in [-0.4, -0.2) is 12.4 Å². The molecule has 0 saturated heterocycles. The molecule has 0 saturated carbocycles. The number of carbonyl (C=O) groups is 1. The predicted molar refractivity (Wildman–Crippen MR) is 80.7 cm³/mol. The Balaban J connectivity index is 2.13. The summed E-state index contributed by atoms with van der Waals surface area (Å²) in [6, 6.07) is 17.7. The Kier molecular flexibility index (Phi) is 5.08. The van der Waals surface area contributed by atoms with Crippen LogP contribution in [0.25, 0.3) is 0 Å². The Morgan fingerprint density at radius 1 is 1.05 bits per heavy atom. The molecule has 0 aliphatic carbocycles. The van der Waals surface area contributed by atoms with E-state index in [1.807, 2.05) is 68.4 Å². The van der Waals surface area contributed by atoms with Crippen molar-refractivity contribution in [2.45, 2.75) is 26.4 Å². The Morgan fingerprint density at radius 2 is 1.70 bits per heavy atom. The van der Waals surface area contributed by atoms with E-state index in [-0.39, 0.29) is 5.78 Å². The standard InChI is InChI=1S/C18H20O2/c1-3-20-18(16-7-5-4-6-8-16)17(19)13-15-11-9-14(2)10-12-15/h4-12,18H,3,13H2,1-2H3. The number of hydrogen-bond acceptors (Lipinski definition) is 2. The van der Waals surface area contributed by atoms with E-state index >= 15 is 0 Å². The summed E-state index contributed by atoms with van der Waals surface area (Å²) in [6.45, 7) is 4.48. The maximum Gasteiger partial charge on any atom is 0.170 e. The van der Waals surface area contributed by atoms with Gasteiger partial charge in [-0.05, 0) is 25.0 Å². The van der Waals surface area contributed by atoms with Crippen LogP contribution in [0.5, 0.6) is 0 Å². The van der Waals surface area contributed by atoms with Gasteiger partial charge in [-0.1, -0.05) is 60.2 Å². The molecule has 0 aromatic heterocycles. The summed E-state index contributed by atoms with van der Waals surface area (Å²) in [5.74, 6) is 0.0990. The average molecular weight is 268 g/mol. The van der Waals surface area contributed by atoms with Crippen molar-refractivity contribution in [3.8, 4) is 0 Å². The monoisotopic (exact) mass is 268 g/mol. The first-order valence-electron chi connectivity index (χ1n) is 6.95. The van der Waals surface area contributed by atoms with Crippen LogP contribution < -0.4 is 0 Å². The highest BCUT2D eigenvalue weighted by molar-refractivity contribution is 5.86. The average Bonchev–Trinajstić information content (AvgIpc) is 2.48. The van der Waals surface area contributed by atoms with Gasteiger partial charge in [0.05, 0.1) is 0 Å². The number of ketones is 1. The highest BCUT2D eigenvalue weighted by Crippen LogP contribution is 2.20. The van der Waals surface area contributed by atoms with Crippen molar-refractivity contribution in [1.29, 1.82) is 0 Å². The second kappa shape index (κ2) is 7.01. The van der Waals surface area contributed by atoms with E-state index in [1.165, 1.54) is 5.56 Å². The van der Waals surface area contributed by atoms with Gasteiger partial charge < -0.3 is 4.74 Å². The molecule has 0 spiro atoms. The van der Waals surface area contributed by atoms with Crippen LogP contribution >= 0.6 is 0 Å². The van der Waals surface area contributed by atoms with E-state index in [1.54, 1.807) is 0 Å². The van der Waals surface area contributed by atoms with Crippen LogP contribution in [-0.2, 0) is 16.0 Å². The lowest BCUT2D eigenvalue weighted by atomic mass is 9.99. The molecule has 0 aliphatic heterocycles. The van der Waals surface area contributed by atoms with E-state index in [2.05, 4.69) is 0 Å². The molecule has 0 radical (unpaired) electrons. The topological polar surface area (TPSA) is 26.3 Å². The van der Waals surface area contributed by atoms with Gasteiger partial charge in [0, 0.05) is 13.0 Å². The minimum Gasteiger partial charge on any atom is -0.366 e. The molecule has 20 heavy (non-hydrogen) atoms. The molecule has 0 amide bonds. The van der Waals surface area contributed by atoms with Crippen molar-refractivity contribution in [2.24, 2.45) is 0 Å². The fourth-order valence-corrected chi connectivity index (χ4v) is 2.17. The number of hydrogen-bond donors (Lipinski definition) is 0. The Bertz CT molecular complexity index is 543. The van der Waals surface area contributed by atoms with Gasteiger partial charge in [-0.2, -0.15) is 0 Å². The summed E-state index contributed by atoms with van der Waals surface area (Å²) >= 11 is 0. The first-order chi connectivity index (χ1) is 9.70. The minimum atomic E-state index is -0.470. The lowest BCUT2D eigenvalue weighted by Crippen LogP contribution is -2.18. The summed E-state index contributed by atoms with van der Waals surface area (Å²) in [5.41, 5.74) is 3.15. The van der Waals surface area contributed by atoms with Crippen molar-refractivity contribution in [3.05, 3.63) is 71.3 Å². The molecule has 2 aromatic rings. The van der Waals surface area contributed by atoms with Gasteiger partial charge in [-0.25, -0.2) is 0 Å². The van der Waals surface area contributed by atoms with E-state index in [4.69, 9.17) is 4.74 Å². The smallest absolute Gasteiger partial charge is 0.170 e. The van der Waals surface area contributed by atoms with Gasteiger partial charge >= 0.3 is 0 Å². The highest BCUT2D eigenvalue weighted by Gasteiger charge is 2.20. The molecular weight excluding hydrogens is 248 g/mol. The number of rotatable bonds is 6. The Labute approximate surface area is 120 Å². The number of Topliss-reactive ketones (excluding diaryl/α,β-unsaturated/α-hetero) is 1. The van der Waals surface area contributed by atoms with Crippen molar-refractivity contribution in [3.63, 3.8) is 0 Å². The summed E-state index contributed by atoms with van der Waals surface area (Å²) < 4.78 is 5.64. The quantitative estimate of drug-likeness (QED) is 0.794. The summed E-state index contributed by atoms with van der Waals surface area (Å²) in [5, 5.41) is 0. The SMILES string of the molecule is CCOC(C(=O)Cc1ccc(C)cc1)c1ccccc1. The van der Waals surface area contributed by atoms with E-state index in [0.29, 0.717) is 13.0 Å². The minimum absolute atomic E-state index is 0.0990. The molecule has 2 heteroatoms. The first kappa shape index (κ1) is 14.5. The molecule has 0 fully saturated rings. The molecule has 0 aliphatic rings. The van der Waals surface area contributed by atoms with Crippen molar-refractivity contribution in [1.82, 2.24) is 0 Å². The third kappa shape index (κ3) is 3.78. The molecular formula is C18H20O2. The van der Waals surface area contributed by atoms with Crippen LogP contribution in [0.15, 0.2) is 54.6 Å². The summed E-state index contributed by atoms with van der Waals surface area (Å²) in [7, 11) is 0. The molecule has 104 valence electrons. The van der Waals surface area contributed by atoms with Crippen LogP contribution in [0, 0.1) is 6.92 Å². The van der Waals surface area contributed by atoms with Crippen molar-refractivity contribution >= 4 is 5.78 Å². The van der Waals surface area contributed by atoms with Crippen LogP contribution in [0.3, 0.4) is 0 Å². The van der Waals surface area contributed by atoms with E-state index in [9.17, 15) is 4.79 Å². The molecule has 1 unspecified atom stereocenters. The van der Waals surface area contributed by atoms with Crippen molar-refractivity contribution in [2.75, 3.05) is 6.61 Å². The molecule has 2 rings (SSSR count). The van der Waals surface area contributed by atoms with Gasteiger partial charge in [-0.3, -0.25) is 4.79 Å². The normalized spacial score (nSPS) is 12.1. The van der Waals surface area contributed by atoms with Gasteiger partial charge in [0.1, 0.15) is 6.10 Å². The second-order valence-corrected chi connectivity index (χ2v) is 4.87. The molecule has 0 heterocycles. The zero-order valence-corrected chi connectivity index (χ0v) is 12.0.